The summed E-state index contributed by atoms with van der Waals surface area (Å²) in [6, 6.07) is 0. The van der Waals surface area contributed by atoms with Gasteiger partial charge < -0.3 is 4.90 Å². The molecule has 0 aromatic carbocycles. The lowest BCUT2D eigenvalue weighted by molar-refractivity contribution is -0.129. The molecule has 1 N–H and O–H groups in total. The molecular formula is C8H13BrN4O. The smallest absolute Gasteiger partial charge is 0.236 e. The minimum atomic E-state index is -0.174. The van der Waals surface area contributed by atoms with Crippen LogP contribution >= 0.6 is 15.9 Å². The van der Waals surface area contributed by atoms with E-state index in [1.807, 2.05) is 6.92 Å². The van der Waals surface area contributed by atoms with Gasteiger partial charge in [0.05, 0.1) is 11.4 Å². The fraction of sp³-hybridized carbons (Fsp3) is 0.625. The zero-order valence-corrected chi connectivity index (χ0v) is 10.00. The minimum absolute atomic E-state index is 0.0208. The van der Waals surface area contributed by atoms with Crippen molar-refractivity contribution in [2.75, 3.05) is 7.05 Å². The Labute approximate surface area is 91.0 Å². The van der Waals surface area contributed by atoms with Gasteiger partial charge >= 0.3 is 0 Å². The lowest BCUT2D eigenvalue weighted by Gasteiger charge is -2.16. The largest absolute Gasteiger partial charge is 0.337 e. The number of amides is 1. The van der Waals surface area contributed by atoms with Crippen LogP contribution in [0, 0.1) is 6.92 Å². The number of hydrogen-bond acceptors (Lipinski definition) is 3. The van der Waals surface area contributed by atoms with E-state index in [1.165, 1.54) is 0 Å². The van der Waals surface area contributed by atoms with Crippen LogP contribution in [-0.2, 0) is 11.3 Å². The Balaban J connectivity index is 2.57. The number of alkyl halides is 1. The number of hydrogen-bond donors (Lipinski definition) is 1. The van der Waals surface area contributed by atoms with Crippen molar-refractivity contribution in [1.29, 1.82) is 0 Å². The third-order valence-electron chi connectivity index (χ3n) is 1.74. The van der Waals surface area contributed by atoms with Crippen molar-refractivity contribution in [3.05, 3.63) is 11.6 Å². The van der Waals surface area contributed by atoms with E-state index in [1.54, 1.807) is 18.9 Å². The molecule has 6 heteroatoms. The number of nitrogens with zero attached hydrogens (tertiary/aromatic N) is 3. The number of rotatable bonds is 3. The highest BCUT2D eigenvalue weighted by atomic mass is 79.9. The van der Waals surface area contributed by atoms with E-state index in [2.05, 4.69) is 31.1 Å². The van der Waals surface area contributed by atoms with Crippen LogP contribution in [0.4, 0.5) is 0 Å². The highest BCUT2D eigenvalue weighted by Gasteiger charge is 2.15. The first kappa shape index (κ1) is 11.2. The maximum absolute atomic E-state index is 11.5. The number of aromatic nitrogens is 3. The fourth-order valence-corrected chi connectivity index (χ4v) is 1.40. The Morgan fingerprint density at radius 2 is 2.36 bits per heavy atom. The molecule has 0 aliphatic heterocycles. The zero-order chi connectivity index (χ0) is 10.7. The van der Waals surface area contributed by atoms with Gasteiger partial charge in [0.15, 0.2) is 5.82 Å². The first-order valence-corrected chi connectivity index (χ1v) is 5.19. The zero-order valence-electron chi connectivity index (χ0n) is 8.41. The quantitative estimate of drug-likeness (QED) is 0.821. The van der Waals surface area contributed by atoms with Crippen molar-refractivity contribution >= 4 is 21.8 Å². The van der Waals surface area contributed by atoms with Gasteiger partial charge in [-0.3, -0.25) is 9.89 Å². The SMILES string of the molecule is Cc1nc(CN(C)C(=O)C(C)Br)n[nH]1. The number of aryl methyl sites for hydroxylation is 1. The molecule has 1 aromatic heterocycles. The summed E-state index contributed by atoms with van der Waals surface area (Å²) in [6.07, 6.45) is 0. The maximum atomic E-state index is 11.5. The highest BCUT2D eigenvalue weighted by Crippen LogP contribution is 2.04. The van der Waals surface area contributed by atoms with Crippen LogP contribution in [0.1, 0.15) is 18.6 Å². The highest BCUT2D eigenvalue weighted by molar-refractivity contribution is 9.10. The molecule has 0 saturated carbocycles. The molecule has 1 heterocycles. The molecule has 0 aliphatic carbocycles. The molecule has 1 aromatic rings. The van der Waals surface area contributed by atoms with E-state index in [0.717, 1.165) is 5.82 Å². The molecule has 0 radical (unpaired) electrons. The lowest BCUT2D eigenvalue weighted by atomic mass is 10.4. The number of carbonyl (C=O) groups excluding carboxylic acids is 1. The number of carbonyl (C=O) groups is 1. The van der Waals surface area contributed by atoms with E-state index in [0.29, 0.717) is 12.4 Å². The minimum Gasteiger partial charge on any atom is -0.337 e. The summed E-state index contributed by atoms with van der Waals surface area (Å²) in [5, 5.41) is 6.68. The molecule has 0 saturated heterocycles. The average Bonchev–Trinajstić information content (AvgIpc) is 2.49. The second kappa shape index (κ2) is 4.54. The predicted octanol–water partition coefficient (Wildman–Crippen LogP) is 0.855. The summed E-state index contributed by atoms with van der Waals surface area (Å²) in [6.45, 7) is 4.05. The Hall–Kier alpha value is -0.910. The molecule has 0 aliphatic rings. The van der Waals surface area contributed by atoms with Gasteiger partial charge in [0.2, 0.25) is 5.91 Å². The van der Waals surface area contributed by atoms with Gasteiger partial charge in [-0.25, -0.2) is 4.98 Å². The predicted molar refractivity (Wildman–Crippen MR) is 56.0 cm³/mol. The number of nitrogens with one attached hydrogen (secondary N) is 1. The molecule has 78 valence electrons. The first-order chi connectivity index (χ1) is 6.50. The van der Waals surface area contributed by atoms with E-state index in [4.69, 9.17) is 0 Å². The van der Waals surface area contributed by atoms with Gasteiger partial charge in [-0.1, -0.05) is 15.9 Å². The third kappa shape index (κ3) is 2.80. The first-order valence-electron chi connectivity index (χ1n) is 4.27. The molecule has 0 spiro atoms. The van der Waals surface area contributed by atoms with Crippen molar-refractivity contribution in [1.82, 2.24) is 20.1 Å². The van der Waals surface area contributed by atoms with Crippen LogP contribution in [0.3, 0.4) is 0 Å². The number of halogens is 1. The van der Waals surface area contributed by atoms with Crippen LogP contribution in [0.15, 0.2) is 0 Å². The van der Waals surface area contributed by atoms with Crippen molar-refractivity contribution in [3.8, 4) is 0 Å². The van der Waals surface area contributed by atoms with Crippen molar-refractivity contribution in [2.24, 2.45) is 0 Å². The van der Waals surface area contributed by atoms with Gasteiger partial charge in [-0.05, 0) is 13.8 Å². The van der Waals surface area contributed by atoms with Gasteiger partial charge in [0, 0.05) is 7.05 Å². The molecule has 1 unspecified atom stereocenters. The third-order valence-corrected chi connectivity index (χ3v) is 2.13. The van der Waals surface area contributed by atoms with E-state index >= 15 is 0 Å². The fourth-order valence-electron chi connectivity index (χ4n) is 1.05. The van der Waals surface area contributed by atoms with Gasteiger partial charge in [-0.2, -0.15) is 5.10 Å². The normalized spacial score (nSPS) is 12.6. The van der Waals surface area contributed by atoms with Crippen LogP contribution in [0.5, 0.6) is 0 Å². The summed E-state index contributed by atoms with van der Waals surface area (Å²) in [5.41, 5.74) is 0. The average molecular weight is 261 g/mol. The van der Waals surface area contributed by atoms with Gasteiger partial charge in [0.1, 0.15) is 5.82 Å². The summed E-state index contributed by atoms with van der Waals surface area (Å²) >= 11 is 3.22. The molecule has 1 atom stereocenters. The Bertz CT molecular complexity index is 323. The maximum Gasteiger partial charge on any atom is 0.236 e. The van der Waals surface area contributed by atoms with E-state index in [-0.39, 0.29) is 10.7 Å². The number of aromatic amines is 1. The Kier molecular flexibility index (Phi) is 3.62. The van der Waals surface area contributed by atoms with Crippen LogP contribution in [0.25, 0.3) is 0 Å². The lowest BCUT2D eigenvalue weighted by Crippen LogP contribution is -2.31. The van der Waals surface area contributed by atoms with Crippen LogP contribution in [0.2, 0.25) is 0 Å². The topological polar surface area (TPSA) is 61.9 Å². The summed E-state index contributed by atoms with van der Waals surface area (Å²) in [7, 11) is 1.73. The molecular weight excluding hydrogens is 248 g/mol. The molecule has 1 amide bonds. The standard InChI is InChI=1S/C8H13BrN4O/c1-5(9)8(14)13(3)4-7-10-6(2)11-12-7/h5H,4H2,1-3H3,(H,10,11,12). The summed E-state index contributed by atoms with van der Waals surface area (Å²) < 4.78 is 0. The van der Waals surface area contributed by atoms with Gasteiger partial charge in [-0.15, -0.1) is 0 Å². The molecule has 0 bridgehead atoms. The molecule has 0 fully saturated rings. The van der Waals surface area contributed by atoms with E-state index < -0.39 is 0 Å². The molecule has 14 heavy (non-hydrogen) atoms. The number of H-pyrrole nitrogens is 1. The van der Waals surface area contributed by atoms with Crippen LogP contribution in [-0.4, -0.2) is 37.9 Å². The monoisotopic (exact) mass is 260 g/mol. The van der Waals surface area contributed by atoms with Gasteiger partial charge in [0.25, 0.3) is 0 Å². The van der Waals surface area contributed by atoms with Crippen molar-refractivity contribution in [2.45, 2.75) is 25.2 Å². The molecule has 1 rings (SSSR count). The Morgan fingerprint density at radius 1 is 1.71 bits per heavy atom. The summed E-state index contributed by atoms with van der Waals surface area (Å²) in [5.74, 6) is 1.41. The van der Waals surface area contributed by atoms with E-state index in [9.17, 15) is 4.79 Å². The van der Waals surface area contributed by atoms with Crippen molar-refractivity contribution in [3.63, 3.8) is 0 Å². The second-order valence-corrected chi connectivity index (χ2v) is 4.52. The van der Waals surface area contributed by atoms with Crippen LogP contribution < -0.4 is 0 Å². The summed E-state index contributed by atoms with van der Waals surface area (Å²) in [4.78, 5) is 17.0. The second-order valence-electron chi connectivity index (χ2n) is 3.15. The molecule has 5 nitrogen and oxygen atoms in total. The Morgan fingerprint density at radius 3 is 2.79 bits per heavy atom. The van der Waals surface area contributed by atoms with Crippen molar-refractivity contribution < 1.29 is 4.79 Å².